The van der Waals surface area contributed by atoms with Gasteiger partial charge in [0.2, 0.25) is 0 Å². The molecule has 0 radical (unpaired) electrons. The summed E-state index contributed by atoms with van der Waals surface area (Å²) in [5.41, 5.74) is 0.635. The Morgan fingerprint density at radius 1 is 1.38 bits per heavy atom. The first-order valence-corrected chi connectivity index (χ1v) is 6.61. The number of nitro groups is 1. The first-order valence-electron chi connectivity index (χ1n) is 6.61. The van der Waals surface area contributed by atoms with E-state index in [0.29, 0.717) is 29.7 Å². The number of anilines is 1. The van der Waals surface area contributed by atoms with Crippen LogP contribution >= 0.6 is 0 Å². The number of carbonyl (C=O) groups is 1. The van der Waals surface area contributed by atoms with E-state index in [4.69, 9.17) is 0 Å². The van der Waals surface area contributed by atoms with E-state index in [1.54, 1.807) is 23.1 Å². The van der Waals surface area contributed by atoms with Gasteiger partial charge in [0, 0.05) is 24.1 Å². The molecule has 0 aliphatic carbocycles. The number of benzene rings is 1. The molecule has 0 bridgehead atoms. The van der Waals surface area contributed by atoms with Crippen molar-refractivity contribution in [1.82, 2.24) is 4.98 Å². The van der Waals surface area contributed by atoms with Gasteiger partial charge in [0.25, 0.3) is 5.69 Å². The molecular weight excluding hydrogens is 274 g/mol. The minimum atomic E-state index is -0.849. The summed E-state index contributed by atoms with van der Waals surface area (Å²) in [6.45, 7) is 0.655. The van der Waals surface area contributed by atoms with Crippen molar-refractivity contribution in [1.29, 1.82) is 0 Å². The van der Waals surface area contributed by atoms with Crippen molar-refractivity contribution in [3.63, 3.8) is 0 Å². The first kappa shape index (κ1) is 13.3. The van der Waals surface area contributed by atoms with Crippen molar-refractivity contribution < 1.29 is 14.8 Å². The van der Waals surface area contributed by atoms with Gasteiger partial charge in [-0.15, -0.1) is 0 Å². The minimum absolute atomic E-state index is 0.0154. The normalized spacial score (nSPS) is 18.1. The number of carboxylic acid groups (broad SMARTS) is 1. The molecule has 0 saturated carbocycles. The van der Waals surface area contributed by atoms with Crippen molar-refractivity contribution in [3.8, 4) is 0 Å². The van der Waals surface area contributed by atoms with Crippen molar-refractivity contribution in [2.24, 2.45) is 0 Å². The van der Waals surface area contributed by atoms with Gasteiger partial charge in [-0.2, -0.15) is 0 Å². The molecule has 1 atom stereocenters. The Kier molecular flexibility index (Phi) is 3.17. The SMILES string of the molecule is O=C(O)[C@@H]1CCCN1c1ccc2cc([N+](=O)[O-])ccc2n1. The van der Waals surface area contributed by atoms with Crippen LogP contribution < -0.4 is 4.90 Å². The molecule has 1 aliphatic rings. The molecule has 2 aromatic rings. The van der Waals surface area contributed by atoms with Crippen molar-refractivity contribution in [3.05, 3.63) is 40.4 Å². The van der Waals surface area contributed by atoms with Crippen LogP contribution in [0.15, 0.2) is 30.3 Å². The van der Waals surface area contributed by atoms with Crippen molar-refractivity contribution in [2.45, 2.75) is 18.9 Å². The van der Waals surface area contributed by atoms with Gasteiger partial charge in [0.05, 0.1) is 10.4 Å². The summed E-state index contributed by atoms with van der Waals surface area (Å²) in [5, 5.41) is 20.6. The molecule has 1 aromatic carbocycles. The standard InChI is InChI=1S/C14H13N3O4/c18-14(19)12-2-1-7-16(12)13-6-3-9-8-10(17(20)21)4-5-11(9)15-13/h3-6,8,12H,1-2,7H2,(H,18,19)/t12-/m0/s1. The minimum Gasteiger partial charge on any atom is -0.480 e. The smallest absolute Gasteiger partial charge is 0.326 e. The number of nitro benzene ring substituents is 1. The quantitative estimate of drug-likeness (QED) is 0.686. The molecule has 3 rings (SSSR count). The van der Waals surface area contributed by atoms with Crippen LogP contribution in [0.4, 0.5) is 11.5 Å². The molecular formula is C14H13N3O4. The molecule has 1 aliphatic heterocycles. The van der Waals surface area contributed by atoms with Crippen LogP contribution in [0, 0.1) is 10.1 Å². The molecule has 21 heavy (non-hydrogen) atoms. The first-order chi connectivity index (χ1) is 10.1. The lowest BCUT2D eigenvalue weighted by molar-refractivity contribution is -0.384. The Morgan fingerprint density at radius 2 is 2.19 bits per heavy atom. The maximum absolute atomic E-state index is 11.2. The average Bonchev–Trinajstić information content (AvgIpc) is 2.95. The number of non-ortho nitro benzene ring substituents is 1. The number of rotatable bonds is 3. The number of hydrogen-bond acceptors (Lipinski definition) is 5. The summed E-state index contributed by atoms with van der Waals surface area (Å²) in [4.78, 5) is 27.7. The van der Waals surface area contributed by atoms with E-state index in [1.807, 2.05) is 0 Å². The molecule has 1 N–H and O–H groups in total. The molecule has 1 fully saturated rings. The maximum Gasteiger partial charge on any atom is 0.326 e. The molecule has 0 spiro atoms. The highest BCUT2D eigenvalue weighted by molar-refractivity contribution is 5.84. The molecule has 0 amide bonds. The van der Waals surface area contributed by atoms with Gasteiger partial charge >= 0.3 is 5.97 Å². The van der Waals surface area contributed by atoms with Crippen LogP contribution in [-0.2, 0) is 4.79 Å². The van der Waals surface area contributed by atoms with Crippen LogP contribution in [0.3, 0.4) is 0 Å². The number of fused-ring (bicyclic) bond motifs is 1. The Morgan fingerprint density at radius 3 is 2.90 bits per heavy atom. The number of carboxylic acids is 1. The number of nitrogens with zero attached hydrogens (tertiary/aromatic N) is 3. The summed E-state index contributed by atoms with van der Waals surface area (Å²) < 4.78 is 0. The zero-order valence-corrected chi connectivity index (χ0v) is 11.1. The largest absolute Gasteiger partial charge is 0.480 e. The molecule has 108 valence electrons. The van der Waals surface area contributed by atoms with Crippen LogP contribution in [0.5, 0.6) is 0 Å². The molecule has 1 saturated heterocycles. The third-order valence-corrected chi connectivity index (χ3v) is 3.70. The molecule has 0 unspecified atom stereocenters. The fraction of sp³-hybridized carbons (Fsp3) is 0.286. The topological polar surface area (TPSA) is 96.6 Å². The lowest BCUT2D eigenvalue weighted by Gasteiger charge is -2.22. The van der Waals surface area contributed by atoms with Crippen LogP contribution in [-0.4, -0.2) is 33.6 Å². The second-order valence-electron chi connectivity index (χ2n) is 4.99. The Labute approximate surface area is 120 Å². The average molecular weight is 287 g/mol. The van der Waals surface area contributed by atoms with E-state index < -0.39 is 16.9 Å². The van der Waals surface area contributed by atoms with Gasteiger partial charge < -0.3 is 10.0 Å². The number of aromatic nitrogens is 1. The van der Waals surface area contributed by atoms with E-state index in [-0.39, 0.29) is 5.69 Å². The second-order valence-corrected chi connectivity index (χ2v) is 4.99. The van der Waals surface area contributed by atoms with Crippen LogP contribution in [0.1, 0.15) is 12.8 Å². The second kappa shape index (κ2) is 5.01. The maximum atomic E-state index is 11.2. The Balaban J connectivity index is 1.99. The third-order valence-electron chi connectivity index (χ3n) is 3.70. The highest BCUT2D eigenvalue weighted by Gasteiger charge is 2.31. The molecule has 1 aromatic heterocycles. The predicted molar refractivity (Wildman–Crippen MR) is 76.4 cm³/mol. The van der Waals surface area contributed by atoms with E-state index in [0.717, 1.165) is 6.42 Å². The van der Waals surface area contributed by atoms with E-state index in [1.165, 1.54) is 12.1 Å². The monoisotopic (exact) mass is 287 g/mol. The fourth-order valence-electron chi connectivity index (χ4n) is 2.67. The van der Waals surface area contributed by atoms with E-state index >= 15 is 0 Å². The lowest BCUT2D eigenvalue weighted by Crippen LogP contribution is -2.36. The Hall–Kier alpha value is -2.70. The van der Waals surface area contributed by atoms with Gasteiger partial charge in [-0.3, -0.25) is 10.1 Å². The van der Waals surface area contributed by atoms with Crippen LogP contribution in [0.2, 0.25) is 0 Å². The Bertz CT molecular complexity index is 731. The van der Waals surface area contributed by atoms with Gasteiger partial charge in [0.1, 0.15) is 11.9 Å². The molecule has 7 nitrogen and oxygen atoms in total. The number of hydrogen-bond donors (Lipinski definition) is 1. The number of aliphatic carboxylic acids is 1. The van der Waals surface area contributed by atoms with Crippen LogP contribution in [0.25, 0.3) is 10.9 Å². The van der Waals surface area contributed by atoms with Gasteiger partial charge in [-0.05, 0) is 31.0 Å². The van der Waals surface area contributed by atoms with E-state index in [9.17, 15) is 20.0 Å². The summed E-state index contributed by atoms with van der Waals surface area (Å²) >= 11 is 0. The lowest BCUT2D eigenvalue weighted by atomic mass is 10.2. The summed E-state index contributed by atoms with van der Waals surface area (Å²) in [5.74, 6) is -0.251. The van der Waals surface area contributed by atoms with Gasteiger partial charge in [0.15, 0.2) is 0 Å². The van der Waals surface area contributed by atoms with Gasteiger partial charge in [-0.1, -0.05) is 0 Å². The molecule has 2 heterocycles. The summed E-state index contributed by atoms with van der Waals surface area (Å²) in [7, 11) is 0. The fourth-order valence-corrected chi connectivity index (χ4v) is 2.67. The zero-order valence-electron chi connectivity index (χ0n) is 11.1. The van der Waals surface area contributed by atoms with Gasteiger partial charge in [-0.25, -0.2) is 9.78 Å². The van der Waals surface area contributed by atoms with E-state index in [2.05, 4.69) is 4.98 Å². The van der Waals surface area contributed by atoms with Crippen molar-refractivity contribution in [2.75, 3.05) is 11.4 Å². The highest BCUT2D eigenvalue weighted by atomic mass is 16.6. The third kappa shape index (κ3) is 2.37. The highest BCUT2D eigenvalue weighted by Crippen LogP contribution is 2.27. The van der Waals surface area contributed by atoms with Crippen molar-refractivity contribution >= 4 is 28.4 Å². The zero-order chi connectivity index (χ0) is 15.0. The summed E-state index contributed by atoms with van der Waals surface area (Å²) in [6, 6.07) is 7.36. The summed E-state index contributed by atoms with van der Waals surface area (Å²) in [6.07, 6.45) is 1.42. The predicted octanol–water partition coefficient (Wildman–Crippen LogP) is 2.20. The number of pyridine rings is 1. The molecule has 7 heteroatoms.